The van der Waals surface area contributed by atoms with E-state index in [-0.39, 0.29) is 0 Å². The summed E-state index contributed by atoms with van der Waals surface area (Å²) >= 11 is 7.31. The molecule has 0 rings (SSSR count). The van der Waals surface area contributed by atoms with Gasteiger partial charge in [0.2, 0.25) is 0 Å². The topological polar surface area (TPSA) is 0 Å². The van der Waals surface area contributed by atoms with Crippen molar-refractivity contribution in [1.82, 2.24) is 0 Å². The highest BCUT2D eigenvalue weighted by Crippen LogP contribution is 2.26. The van der Waals surface area contributed by atoms with Gasteiger partial charge >= 0.3 is 0 Å². The summed E-state index contributed by atoms with van der Waals surface area (Å²) < 4.78 is 0.839. The Morgan fingerprint density at radius 1 is 1.33 bits per heavy atom. The first kappa shape index (κ1) is 9.12. The molecule has 0 N–H and O–H groups in total. The maximum absolute atomic E-state index is 5.72. The normalized spacial score (nSPS) is 14.2. The monoisotopic (exact) mass is 162 g/mol. The smallest absolute Gasteiger partial charge is 0.0736 e. The van der Waals surface area contributed by atoms with Crippen molar-refractivity contribution in [2.24, 2.45) is 0 Å². The van der Waals surface area contributed by atoms with Crippen molar-refractivity contribution in [1.29, 1.82) is 0 Å². The zero-order chi connectivity index (χ0) is 7.28. The predicted octanol–water partition coefficient (Wildman–Crippen LogP) is 3.74. The summed E-state index contributed by atoms with van der Waals surface area (Å²) in [5.41, 5.74) is 0. The van der Waals surface area contributed by atoms with Gasteiger partial charge in [-0.25, -0.2) is 0 Å². The summed E-state index contributed by atoms with van der Waals surface area (Å²) in [6, 6.07) is 0. The molecule has 0 amide bonds. The average molecular weight is 163 g/mol. The molecule has 2 heteroatoms. The van der Waals surface area contributed by atoms with Gasteiger partial charge < -0.3 is 0 Å². The third kappa shape index (κ3) is 4.61. The lowest BCUT2D eigenvalue weighted by atomic mass is 10.6. The van der Waals surface area contributed by atoms with Crippen LogP contribution in [0.15, 0.2) is 21.4 Å². The first-order valence-electron chi connectivity index (χ1n) is 2.83. The van der Waals surface area contributed by atoms with Crippen molar-refractivity contribution in [3.05, 3.63) is 21.4 Å². The quantitative estimate of drug-likeness (QED) is 0.596. The molecule has 0 radical (unpaired) electrons. The van der Waals surface area contributed by atoms with Gasteiger partial charge in [-0.1, -0.05) is 35.5 Å². The van der Waals surface area contributed by atoms with Crippen LogP contribution in [0.4, 0.5) is 0 Å². The Morgan fingerprint density at radius 3 is 2.22 bits per heavy atom. The summed E-state index contributed by atoms with van der Waals surface area (Å²) in [5, 5.41) is 0. The Bertz CT molecular complexity index is 120. The van der Waals surface area contributed by atoms with Crippen LogP contribution in [0.1, 0.15) is 20.8 Å². The molecule has 0 aromatic carbocycles. The number of hydrogen-bond donors (Lipinski definition) is 0. The van der Waals surface area contributed by atoms with Crippen molar-refractivity contribution in [2.75, 3.05) is 0 Å². The van der Waals surface area contributed by atoms with Gasteiger partial charge in [0, 0.05) is 0 Å². The Balaban J connectivity index is 3.75. The highest BCUT2D eigenvalue weighted by molar-refractivity contribution is 8.08. The second-order valence-electron chi connectivity index (χ2n) is 1.59. The molecule has 0 aromatic heterocycles. The van der Waals surface area contributed by atoms with Crippen LogP contribution in [0.25, 0.3) is 0 Å². The molecular formula is C7H11ClS. The van der Waals surface area contributed by atoms with Crippen LogP contribution in [0, 0.1) is 0 Å². The number of hydrogen-bond acceptors (Lipinski definition) is 1. The zero-order valence-electron chi connectivity index (χ0n) is 5.94. The summed E-state index contributed by atoms with van der Waals surface area (Å²) in [7, 11) is 0. The summed E-state index contributed by atoms with van der Waals surface area (Å²) in [5.74, 6) is 0. The van der Waals surface area contributed by atoms with E-state index >= 15 is 0 Å². The fourth-order valence-corrected chi connectivity index (χ4v) is 1.18. The van der Waals surface area contributed by atoms with E-state index in [0.717, 1.165) is 4.36 Å². The summed E-state index contributed by atoms with van der Waals surface area (Å²) in [6.07, 6.45) is 3.93. The number of allylic oxidation sites excluding steroid dienone is 3. The lowest BCUT2D eigenvalue weighted by molar-refractivity contribution is 1.60. The summed E-state index contributed by atoms with van der Waals surface area (Å²) in [4.78, 5) is 1.23. The van der Waals surface area contributed by atoms with E-state index in [1.807, 2.05) is 32.9 Å². The highest BCUT2D eigenvalue weighted by Gasteiger charge is 1.90. The second-order valence-corrected chi connectivity index (χ2v) is 3.51. The van der Waals surface area contributed by atoms with Gasteiger partial charge in [-0.2, -0.15) is 0 Å². The largest absolute Gasteiger partial charge is 0.0832 e. The third-order valence-corrected chi connectivity index (χ3v) is 2.33. The first-order chi connectivity index (χ1) is 4.20. The van der Waals surface area contributed by atoms with Gasteiger partial charge in [0.25, 0.3) is 0 Å². The van der Waals surface area contributed by atoms with E-state index < -0.39 is 0 Å². The SMILES string of the molecule is C/C=C(/C)S/C(Cl)=C\C. The number of rotatable bonds is 2. The van der Waals surface area contributed by atoms with E-state index in [4.69, 9.17) is 11.6 Å². The van der Waals surface area contributed by atoms with Crippen molar-refractivity contribution < 1.29 is 0 Å². The number of halogens is 1. The van der Waals surface area contributed by atoms with Crippen molar-refractivity contribution in [3.63, 3.8) is 0 Å². The fourth-order valence-electron chi connectivity index (χ4n) is 0.272. The molecule has 0 aliphatic rings. The van der Waals surface area contributed by atoms with Crippen LogP contribution in [-0.4, -0.2) is 0 Å². The Kier molecular flexibility index (Phi) is 5.02. The van der Waals surface area contributed by atoms with Crippen LogP contribution in [0.3, 0.4) is 0 Å². The van der Waals surface area contributed by atoms with Crippen molar-refractivity contribution in [3.8, 4) is 0 Å². The molecule has 0 fully saturated rings. The van der Waals surface area contributed by atoms with E-state index in [2.05, 4.69) is 0 Å². The highest BCUT2D eigenvalue weighted by atomic mass is 35.5. The third-order valence-electron chi connectivity index (χ3n) is 0.892. The van der Waals surface area contributed by atoms with Crippen LogP contribution in [-0.2, 0) is 0 Å². The lowest BCUT2D eigenvalue weighted by Crippen LogP contribution is -1.63. The maximum Gasteiger partial charge on any atom is 0.0736 e. The minimum atomic E-state index is 0.839. The molecular weight excluding hydrogens is 152 g/mol. The average Bonchev–Trinajstić information content (AvgIpc) is 1.87. The van der Waals surface area contributed by atoms with Gasteiger partial charge in [-0.05, 0) is 25.7 Å². The molecule has 0 spiro atoms. The molecule has 0 saturated heterocycles. The molecule has 0 bridgehead atoms. The lowest BCUT2D eigenvalue weighted by Gasteiger charge is -1.94. The summed E-state index contributed by atoms with van der Waals surface area (Å²) in [6.45, 7) is 5.97. The Hall–Kier alpha value is 0.120. The minimum absolute atomic E-state index is 0.839. The van der Waals surface area contributed by atoms with E-state index in [0.29, 0.717) is 0 Å². The molecule has 0 saturated carbocycles. The Labute approximate surface area is 66.0 Å². The fraction of sp³-hybridized carbons (Fsp3) is 0.429. The molecule has 0 atom stereocenters. The molecule has 0 aliphatic carbocycles. The predicted molar refractivity (Wildman–Crippen MR) is 46.6 cm³/mol. The van der Waals surface area contributed by atoms with Gasteiger partial charge in [0.15, 0.2) is 0 Å². The molecule has 0 aliphatic heterocycles. The maximum atomic E-state index is 5.72. The van der Waals surface area contributed by atoms with Crippen molar-refractivity contribution >= 4 is 23.4 Å². The Morgan fingerprint density at radius 2 is 1.89 bits per heavy atom. The minimum Gasteiger partial charge on any atom is -0.0832 e. The van der Waals surface area contributed by atoms with Crippen LogP contribution in [0.5, 0.6) is 0 Å². The van der Waals surface area contributed by atoms with Crippen LogP contribution < -0.4 is 0 Å². The second kappa shape index (κ2) is 4.95. The van der Waals surface area contributed by atoms with Gasteiger partial charge in [-0.15, -0.1) is 0 Å². The van der Waals surface area contributed by atoms with Gasteiger partial charge in [0.05, 0.1) is 4.36 Å². The molecule has 0 aromatic rings. The van der Waals surface area contributed by atoms with Crippen molar-refractivity contribution in [2.45, 2.75) is 20.8 Å². The van der Waals surface area contributed by atoms with E-state index in [9.17, 15) is 0 Å². The molecule has 52 valence electrons. The van der Waals surface area contributed by atoms with Crippen LogP contribution >= 0.6 is 23.4 Å². The van der Waals surface area contributed by atoms with Gasteiger partial charge in [-0.3, -0.25) is 0 Å². The first-order valence-corrected chi connectivity index (χ1v) is 4.02. The van der Waals surface area contributed by atoms with E-state index in [1.165, 1.54) is 4.91 Å². The van der Waals surface area contributed by atoms with Crippen LogP contribution in [0.2, 0.25) is 0 Å². The van der Waals surface area contributed by atoms with Gasteiger partial charge in [0.1, 0.15) is 0 Å². The number of thioether (sulfide) groups is 1. The van der Waals surface area contributed by atoms with E-state index in [1.54, 1.807) is 11.8 Å². The molecule has 0 nitrogen and oxygen atoms in total. The molecule has 9 heavy (non-hydrogen) atoms. The standard InChI is InChI=1S/C7H11ClS/c1-4-6(3)9-7(8)5-2/h4-5H,1-3H3/b6-4-,7-5-. The molecule has 0 heterocycles. The molecule has 0 unspecified atom stereocenters. The zero-order valence-corrected chi connectivity index (χ0v) is 7.51.